The Labute approximate surface area is 181 Å². The third-order valence-electron chi connectivity index (χ3n) is 5.57. The standard InChI is InChI=1S/C22H38O7Si/c1-22(2,3)30(7,8)28-13-11-17(10-9-12-23)29-21(24)16-14-18(25-4)20(27-6)19(15-16)26-5/h14-15,17,23H,9-13H2,1-8H3. The highest BCUT2D eigenvalue weighted by Gasteiger charge is 2.37. The summed E-state index contributed by atoms with van der Waals surface area (Å²) in [6, 6.07) is 3.14. The van der Waals surface area contributed by atoms with E-state index in [9.17, 15) is 9.90 Å². The first-order valence-electron chi connectivity index (χ1n) is 10.3. The molecule has 0 saturated carbocycles. The lowest BCUT2D eigenvalue weighted by Gasteiger charge is -2.36. The van der Waals surface area contributed by atoms with Crippen molar-refractivity contribution in [3.05, 3.63) is 17.7 Å². The lowest BCUT2D eigenvalue weighted by atomic mass is 10.1. The summed E-state index contributed by atoms with van der Waals surface area (Å²) >= 11 is 0. The van der Waals surface area contributed by atoms with Gasteiger partial charge in [0.05, 0.1) is 26.9 Å². The fourth-order valence-electron chi connectivity index (χ4n) is 2.66. The molecular weight excluding hydrogens is 404 g/mol. The van der Waals surface area contributed by atoms with Crippen LogP contribution in [0.3, 0.4) is 0 Å². The number of carbonyl (C=O) groups excluding carboxylic acids is 1. The minimum absolute atomic E-state index is 0.0430. The van der Waals surface area contributed by atoms with E-state index < -0.39 is 14.3 Å². The van der Waals surface area contributed by atoms with E-state index in [1.165, 1.54) is 21.3 Å². The molecule has 30 heavy (non-hydrogen) atoms. The van der Waals surface area contributed by atoms with Crippen LogP contribution in [0.15, 0.2) is 12.1 Å². The van der Waals surface area contributed by atoms with E-state index in [4.69, 9.17) is 23.4 Å². The quantitative estimate of drug-likeness (QED) is 0.379. The van der Waals surface area contributed by atoms with Crippen molar-refractivity contribution in [2.75, 3.05) is 34.5 Å². The minimum atomic E-state index is -1.88. The Morgan fingerprint density at radius 1 is 1.03 bits per heavy atom. The number of methoxy groups -OCH3 is 3. The SMILES string of the molecule is COc1cc(C(=O)OC(CCCO)CCO[Si](C)(C)C(C)(C)C)cc(OC)c1OC. The summed E-state index contributed by atoms with van der Waals surface area (Å²) in [5, 5.41) is 9.32. The minimum Gasteiger partial charge on any atom is -0.493 e. The zero-order valence-electron chi connectivity index (χ0n) is 19.7. The first-order valence-corrected chi connectivity index (χ1v) is 13.2. The molecular formula is C22H38O7Si. The van der Waals surface area contributed by atoms with Gasteiger partial charge in [-0.15, -0.1) is 0 Å². The maximum atomic E-state index is 12.8. The Balaban J connectivity index is 2.91. The van der Waals surface area contributed by atoms with Gasteiger partial charge >= 0.3 is 5.97 Å². The zero-order chi connectivity index (χ0) is 22.9. The van der Waals surface area contributed by atoms with Crippen LogP contribution in [-0.2, 0) is 9.16 Å². The van der Waals surface area contributed by atoms with Gasteiger partial charge in [0.1, 0.15) is 6.10 Å². The normalized spacial score (nSPS) is 13.0. The number of rotatable bonds is 12. The summed E-state index contributed by atoms with van der Waals surface area (Å²) in [4.78, 5) is 12.8. The summed E-state index contributed by atoms with van der Waals surface area (Å²) in [6.07, 6.45) is 1.33. The van der Waals surface area contributed by atoms with E-state index in [2.05, 4.69) is 33.9 Å². The topological polar surface area (TPSA) is 83.5 Å². The number of esters is 1. The molecule has 0 radical (unpaired) electrons. The summed E-state index contributed by atoms with van der Waals surface area (Å²) in [5.41, 5.74) is 0.309. The molecule has 0 spiro atoms. The Bertz CT molecular complexity index is 658. The predicted molar refractivity (Wildman–Crippen MR) is 119 cm³/mol. The highest BCUT2D eigenvalue weighted by Crippen LogP contribution is 2.39. The number of ether oxygens (including phenoxy) is 4. The van der Waals surface area contributed by atoms with Crippen LogP contribution in [0, 0.1) is 0 Å². The average molecular weight is 443 g/mol. The highest BCUT2D eigenvalue weighted by molar-refractivity contribution is 6.74. The highest BCUT2D eigenvalue weighted by atomic mass is 28.4. The van der Waals surface area contributed by atoms with Gasteiger partial charge in [-0.05, 0) is 43.1 Å². The summed E-state index contributed by atoms with van der Waals surface area (Å²) < 4.78 is 27.9. The molecule has 1 unspecified atom stereocenters. The second-order valence-electron chi connectivity index (χ2n) is 8.70. The fourth-order valence-corrected chi connectivity index (χ4v) is 3.72. The van der Waals surface area contributed by atoms with Crippen LogP contribution in [0.4, 0.5) is 0 Å². The van der Waals surface area contributed by atoms with Crippen molar-refractivity contribution < 1.29 is 33.3 Å². The lowest BCUT2D eigenvalue weighted by Crippen LogP contribution is -2.41. The second-order valence-corrected chi connectivity index (χ2v) is 13.5. The molecule has 172 valence electrons. The number of hydrogen-bond donors (Lipinski definition) is 1. The summed E-state index contributed by atoms with van der Waals surface area (Å²) in [6.45, 7) is 11.5. The molecule has 1 rings (SSSR count). The lowest BCUT2D eigenvalue weighted by molar-refractivity contribution is 0.0207. The average Bonchev–Trinajstić information content (AvgIpc) is 2.69. The molecule has 0 bridgehead atoms. The molecule has 7 nitrogen and oxygen atoms in total. The number of aliphatic hydroxyl groups excluding tert-OH is 1. The van der Waals surface area contributed by atoms with Gasteiger partial charge < -0.3 is 28.5 Å². The Morgan fingerprint density at radius 2 is 1.60 bits per heavy atom. The molecule has 0 fully saturated rings. The van der Waals surface area contributed by atoms with Gasteiger partial charge in [-0.25, -0.2) is 4.79 Å². The number of aliphatic hydroxyl groups is 1. The van der Waals surface area contributed by atoms with Crippen LogP contribution in [0.25, 0.3) is 0 Å². The Hall–Kier alpha value is -1.77. The van der Waals surface area contributed by atoms with Gasteiger partial charge in [0.15, 0.2) is 19.8 Å². The number of benzene rings is 1. The molecule has 0 aromatic heterocycles. The van der Waals surface area contributed by atoms with Crippen LogP contribution >= 0.6 is 0 Å². The number of hydrogen-bond acceptors (Lipinski definition) is 7. The smallest absolute Gasteiger partial charge is 0.338 e. The van der Waals surface area contributed by atoms with E-state index in [-0.39, 0.29) is 17.7 Å². The molecule has 1 atom stereocenters. The van der Waals surface area contributed by atoms with E-state index in [0.29, 0.717) is 48.7 Å². The van der Waals surface area contributed by atoms with Crippen molar-refractivity contribution in [2.24, 2.45) is 0 Å². The molecule has 8 heteroatoms. The van der Waals surface area contributed by atoms with Gasteiger partial charge in [-0.1, -0.05) is 20.8 Å². The van der Waals surface area contributed by atoms with Crippen LogP contribution in [0.5, 0.6) is 17.2 Å². The molecule has 0 aliphatic heterocycles. The third kappa shape index (κ3) is 7.18. The van der Waals surface area contributed by atoms with Gasteiger partial charge in [0, 0.05) is 19.6 Å². The number of carbonyl (C=O) groups is 1. The Kier molecular flexibility index (Phi) is 10.1. The van der Waals surface area contributed by atoms with Gasteiger partial charge in [0.2, 0.25) is 5.75 Å². The second kappa shape index (κ2) is 11.6. The van der Waals surface area contributed by atoms with Gasteiger partial charge in [-0.3, -0.25) is 0 Å². The zero-order valence-corrected chi connectivity index (χ0v) is 20.7. The maximum Gasteiger partial charge on any atom is 0.338 e. The summed E-state index contributed by atoms with van der Waals surface area (Å²) in [5.74, 6) is 0.703. The van der Waals surface area contributed by atoms with Crippen molar-refractivity contribution in [3.8, 4) is 17.2 Å². The first kappa shape index (κ1) is 26.3. The fraction of sp³-hybridized carbons (Fsp3) is 0.682. The molecule has 1 aromatic carbocycles. The molecule has 1 N–H and O–H groups in total. The third-order valence-corrected chi connectivity index (χ3v) is 10.1. The van der Waals surface area contributed by atoms with E-state index in [0.717, 1.165) is 0 Å². The molecule has 0 saturated heterocycles. The predicted octanol–water partition coefficient (Wildman–Crippen LogP) is 4.42. The van der Waals surface area contributed by atoms with Crippen LogP contribution in [-0.4, -0.2) is 60.0 Å². The van der Waals surface area contributed by atoms with E-state index >= 15 is 0 Å². The van der Waals surface area contributed by atoms with Gasteiger partial charge in [0.25, 0.3) is 0 Å². The van der Waals surface area contributed by atoms with Crippen molar-refractivity contribution >= 4 is 14.3 Å². The van der Waals surface area contributed by atoms with Crippen molar-refractivity contribution in [3.63, 3.8) is 0 Å². The van der Waals surface area contributed by atoms with Crippen molar-refractivity contribution in [2.45, 2.75) is 64.3 Å². The molecule has 1 aromatic rings. The molecule has 0 heterocycles. The van der Waals surface area contributed by atoms with Crippen LogP contribution < -0.4 is 14.2 Å². The largest absolute Gasteiger partial charge is 0.493 e. The first-order chi connectivity index (χ1) is 14.0. The van der Waals surface area contributed by atoms with E-state index in [1.807, 2.05) is 0 Å². The van der Waals surface area contributed by atoms with Crippen molar-refractivity contribution in [1.82, 2.24) is 0 Å². The summed E-state index contributed by atoms with van der Waals surface area (Å²) in [7, 11) is 2.62. The van der Waals surface area contributed by atoms with Gasteiger partial charge in [-0.2, -0.15) is 0 Å². The van der Waals surface area contributed by atoms with Crippen LogP contribution in [0.1, 0.15) is 50.4 Å². The maximum absolute atomic E-state index is 12.8. The molecule has 0 aliphatic carbocycles. The monoisotopic (exact) mass is 442 g/mol. The Morgan fingerprint density at radius 3 is 2.03 bits per heavy atom. The van der Waals surface area contributed by atoms with Crippen LogP contribution in [0.2, 0.25) is 18.1 Å². The van der Waals surface area contributed by atoms with E-state index in [1.54, 1.807) is 12.1 Å². The molecule has 0 amide bonds. The molecule has 0 aliphatic rings. The van der Waals surface area contributed by atoms with Crippen molar-refractivity contribution in [1.29, 1.82) is 0 Å².